The van der Waals surface area contributed by atoms with Crippen LogP contribution in [0.25, 0.3) is 0 Å². The fourth-order valence-electron chi connectivity index (χ4n) is 1.72. The van der Waals surface area contributed by atoms with Crippen LogP contribution in [0.15, 0.2) is 48.5 Å². The van der Waals surface area contributed by atoms with Gasteiger partial charge in [-0.25, -0.2) is 0 Å². The van der Waals surface area contributed by atoms with Crippen molar-refractivity contribution >= 4 is 17.5 Å². The molecule has 0 radical (unpaired) electrons. The van der Waals surface area contributed by atoms with E-state index in [9.17, 15) is 4.79 Å². The number of carbonyl (C=O) groups excluding carboxylic acids is 1. The zero-order valence-electron chi connectivity index (χ0n) is 12.3. The molecule has 2 aromatic carbocycles. The van der Waals surface area contributed by atoms with Crippen molar-refractivity contribution in [3.8, 4) is 11.5 Å². The predicted molar refractivity (Wildman–Crippen MR) is 86.6 cm³/mol. The van der Waals surface area contributed by atoms with E-state index in [1.54, 1.807) is 24.3 Å². The molecule has 0 saturated heterocycles. The summed E-state index contributed by atoms with van der Waals surface area (Å²) < 4.78 is 10.9. The van der Waals surface area contributed by atoms with Crippen LogP contribution in [0.4, 0.5) is 0 Å². The van der Waals surface area contributed by atoms with Crippen molar-refractivity contribution in [2.24, 2.45) is 0 Å². The first-order chi connectivity index (χ1) is 10.6. The van der Waals surface area contributed by atoms with Crippen LogP contribution in [0.2, 0.25) is 5.02 Å². The van der Waals surface area contributed by atoms with E-state index in [4.69, 9.17) is 21.1 Å². The maximum Gasteiger partial charge on any atom is 0.258 e. The third kappa shape index (κ3) is 5.66. The monoisotopic (exact) mass is 319 g/mol. The molecular formula is C17H18ClNO3. The largest absolute Gasteiger partial charge is 0.492 e. The minimum Gasteiger partial charge on any atom is -0.492 e. The van der Waals surface area contributed by atoms with E-state index in [0.717, 1.165) is 5.75 Å². The number of rotatable bonds is 7. The van der Waals surface area contributed by atoms with Gasteiger partial charge in [-0.05, 0) is 43.3 Å². The summed E-state index contributed by atoms with van der Waals surface area (Å²) in [6.07, 6.45) is 0. The van der Waals surface area contributed by atoms with Gasteiger partial charge in [-0.15, -0.1) is 0 Å². The number of amides is 1. The molecule has 0 unspecified atom stereocenters. The van der Waals surface area contributed by atoms with Crippen LogP contribution >= 0.6 is 11.6 Å². The summed E-state index contributed by atoms with van der Waals surface area (Å²) in [6, 6.07) is 14.6. The maximum absolute atomic E-state index is 11.6. The van der Waals surface area contributed by atoms with Crippen molar-refractivity contribution < 1.29 is 14.3 Å². The zero-order chi connectivity index (χ0) is 15.8. The van der Waals surface area contributed by atoms with E-state index in [1.165, 1.54) is 5.56 Å². The molecule has 0 heterocycles. The van der Waals surface area contributed by atoms with E-state index < -0.39 is 0 Å². The van der Waals surface area contributed by atoms with Crippen LogP contribution in [-0.4, -0.2) is 25.7 Å². The van der Waals surface area contributed by atoms with Gasteiger partial charge in [0.05, 0.1) is 6.54 Å². The summed E-state index contributed by atoms with van der Waals surface area (Å²) in [5.41, 5.74) is 1.18. The lowest BCUT2D eigenvalue weighted by Gasteiger charge is -2.09. The smallest absolute Gasteiger partial charge is 0.258 e. The van der Waals surface area contributed by atoms with Crippen molar-refractivity contribution in [3.05, 3.63) is 59.1 Å². The van der Waals surface area contributed by atoms with Crippen LogP contribution in [0.5, 0.6) is 11.5 Å². The third-order valence-electron chi connectivity index (χ3n) is 2.90. The van der Waals surface area contributed by atoms with E-state index in [-0.39, 0.29) is 12.5 Å². The quantitative estimate of drug-likeness (QED) is 0.797. The number of hydrogen-bond acceptors (Lipinski definition) is 3. The van der Waals surface area contributed by atoms with Gasteiger partial charge in [-0.2, -0.15) is 0 Å². The average Bonchev–Trinajstić information content (AvgIpc) is 2.53. The first-order valence-electron chi connectivity index (χ1n) is 6.98. The summed E-state index contributed by atoms with van der Waals surface area (Å²) >= 11 is 5.77. The molecule has 0 fully saturated rings. The molecule has 0 bridgehead atoms. The summed E-state index contributed by atoms with van der Waals surface area (Å²) in [5.74, 6) is 1.20. The molecule has 0 aromatic heterocycles. The number of halogens is 1. The Morgan fingerprint density at radius 1 is 1.00 bits per heavy atom. The molecule has 5 heteroatoms. The standard InChI is InChI=1S/C17H18ClNO3/c1-13-2-6-15(7-3-13)21-11-10-19-17(20)12-22-16-8-4-14(18)5-9-16/h2-9H,10-12H2,1H3,(H,19,20). The normalized spacial score (nSPS) is 10.1. The lowest BCUT2D eigenvalue weighted by molar-refractivity contribution is -0.123. The lowest BCUT2D eigenvalue weighted by Crippen LogP contribution is -2.32. The average molecular weight is 320 g/mol. The van der Waals surface area contributed by atoms with Crippen LogP contribution in [-0.2, 0) is 4.79 Å². The molecule has 116 valence electrons. The molecule has 0 aliphatic heterocycles. The molecule has 2 rings (SSSR count). The van der Waals surface area contributed by atoms with Crippen molar-refractivity contribution in [3.63, 3.8) is 0 Å². The van der Waals surface area contributed by atoms with Gasteiger partial charge in [-0.3, -0.25) is 4.79 Å². The number of nitrogens with one attached hydrogen (secondary N) is 1. The second-order valence-corrected chi connectivity index (χ2v) is 5.19. The molecule has 22 heavy (non-hydrogen) atoms. The van der Waals surface area contributed by atoms with Crippen molar-refractivity contribution in [2.45, 2.75) is 6.92 Å². The number of ether oxygens (including phenoxy) is 2. The van der Waals surface area contributed by atoms with Crippen molar-refractivity contribution in [1.82, 2.24) is 5.32 Å². The third-order valence-corrected chi connectivity index (χ3v) is 3.15. The second-order valence-electron chi connectivity index (χ2n) is 4.75. The Balaban J connectivity index is 1.61. The minimum atomic E-state index is -0.192. The van der Waals surface area contributed by atoms with Crippen molar-refractivity contribution in [1.29, 1.82) is 0 Å². The van der Waals surface area contributed by atoms with Gasteiger partial charge in [0.1, 0.15) is 18.1 Å². The minimum absolute atomic E-state index is 0.0356. The topological polar surface area (TPSA) is 47.6 Å². The first-order valence-corrected chi connectivity index (χ1v) is 7.36. The molecule has 0 aliphatic carbocycles. The first kappa shape index (κ1) is 16.2. The fraction of sp³-hybridized carbons (Fsp3) is 0.235. The Morgan fingerprint density at radius 3 is 2.27 bits per heavy atom. The highest BCUT2D eigenvalue weighted by atomic mass is 35.5. The highest BCUT2D eigenvalue weighted by Gasteiger charge is 2.02. The Morgan fingerprint density at radius 2 is 1.59 bits per heavy atom. The second kappa shape index (κ2) is 8.29. The van der Waals surface area contributed by atoms with Gasteiger partial charge in [0.15, 0.2) is 6.61 Å². The van der Waals surface area contributed by atoms with Gasteiger partial charge >= 0.3 is 0 Å². The maximum atomic E-state index is 11.6. The number of aryl methyl sites for hydroxylation is 1. The molecule has 1 amide bonds. The van der Waals surface area contributed by atoms with E-state index in [1.807, 2.05) is 31.2 Å². The molecule has 0 atom stereocenters. The Hall–Kier alpha value is -2.20. The van der Waals surface area contributed by atoms with E-state index in [2.05, 4.69) is 5.32 Å². The summed E-state index contributed by atoms with van der Waals surface area (Å²) in [7, 11) is 0. The van der Waals surface area contributed by atoms with Crippen LogP contribution in [0.3, 0.4) is 0 Å². The fourth-order valence-corrected chi connectivity index (χ4v) is 1.85. The van der Waals surface area contributed by atoms with Gasteiger partial charge in [0.25, 0.3) is 5.91 Å². The van der Waals surface area contributed by atoms with Gasteiger partial charge in [0.2, 0.25) is 0 Å². The summed E-state index contributed by atoms with van der Waals surface area (Å²) in [6.45, 7) is 2.82. The predicted octanol–water partition coefficient (Wildman–Crippen LogP) is 3.22. The molecule has 0 saturated carbocycles. The molecular weight excluding hydrogens is 302 g/mol. The molecule has 4 nitrogen and oxygen atoms in total. The SMILES string of the molecule is Cc1ccc(OCCNC(=O)COc2ccc(Cl)cc2)cc1. The number of benzene rings is 2. The van der Waals surface area contributed by atoms with Gasteiger partial charge < -0.3 is 14.8 Å². The van der Waals surface area contributed by atoms with E-state index in [0.29, 0.717) is 23.9 Å². The van der Waals surface area contributed by atoms with Gasteiger partial charge in [-0.1, -0.05) is 29.3 Å². The zero-order valence-corrected chi connectivity index (χ0v) is 13.1. The summed E-state index contributed by atoms with van der Waals surface area (Å²) in [4.78, 5) is 11.6. The Labute approximate surface area is 135 Å². The lowest BCUT2D eigenvalue weighted by atomic mass is 10.2. The van der Waals surface area contributed by atoms with Crippen LogP contribution in [0.1, 0.15) is 5.56 Å². The number of hydrogen-bond donors (Lipinski definition) is 1. The van der Waals surface area contributed by atoms with Gasteiger partial charge in [0, 0.05) is 5.02 Å². The highest BCUT2D eigenvalue weighted by Crippen LogP contribution is 2.15. The van der Waals surface area contributed by atoms with Crippen LogP contribution in [0, 0.1) is 6.92 Å². The Kier molecular flexibility index (Phi) is 6.10. The van der Waals surface area contributed by atoms with Crippen LogP contribution < -0.4 is 14.8 Å². The summed E-state index contributed by atoms with van der Waals surface area (Å²) in [5, 5.41) is 3.36. The molecule has 0 spiro atoms. The molecule has 2 aromatic rings. The molecule has 1 N–H and O–H groups in total. The van der Waals surface area contributed by atoms with E-state index >= 15 is 0 Å². The van der Waals surface area contributed by atoms with Crippen molar-refractivity contribution in [2.75, 3.05) is 19.8 Å². The number of carbonyl (C=O) groups is 1. The molecule has 0 aliphatic rings. The highest BCUT2D eigenvalue weighted by molar-refractivity contribution is 6.30. The Bertz CT molecular complexity index is 596.